The number of nitrogens with two attached hydrogens (primary N) is 1. The molecule has 0 amide bonds. The molecule has 0 bridgehead atoms. The smallest absolute Gasteiger partial charge is 0.123 e. The summed E-state index contributed by atoms with van der Waals surface area (Å²) in [6.07, 6.45) is 2.08. The first-order valence-corrected chi connectivity index (χ1v) is 7.10. The van der Waals surface area contributed by atoms with Gasteiger partial charge >= 0.3 is 0 Å². The second-order valence-corrected chi connectivity index (χ2v) is 5.32. The maximum Gasteiger partial charge on any atom is 0.123 e. The minimum Gasteiger partial charge on any atom is -0.389 e. The number of nitrogens with zero attached hydrogens (tertiary/aromatic N) is 1. The van der Waals surface area contributed by atoms with Crippen LogP contribution in [0.1, 0.15) is 11.1 Å². The van der Waals surface area contributed by atoms with E-state index in [2.05, 4.69) is 11.2 Å². The molecule has 5 heteroatoms. The number of hydrogen-bond donors (Lipinski definition) is 1. The summed E-state index contributed by atoms with van der Waals surface area (Å²) in [5.74, 6) is 0.767. The third-order valence-corrected chi connectivity index (χ3v) is 3.27. The normalized spacial score (nSPS) is 10.8. The number of rotatable bonds is 6. The highest BCUT2D eigenvalue weighted by Crippen LogP contribution is 2.13. The predicted molar refractivity (Wildman–Crippen MR) is 77.0 cm³/mol. The fourth-order valence-electron chi connectivity index (χ4n) is 1.53. The lowest BCUT2D eigenvalue weighted by Gasteiger charge is -2.18. The molecule has 0 atom stereocenters. The van der Waals surface area contributed by atoms with Crippen molar-refractivity contribution in [2.45, 2.75) is 6.54 Å². The van der Waals surface area contributed by atoms with Crippen LogP contribution in [0.5, 0.6) is 0 Å². The van der Waals surface area contributed by atoms with Crippen molar-refractivity contribution < 1.29 is 4.39 Å². The molecule has 0 unspecified atom stereocenters. The van der Waals surface area contributed by atoms with Crippen LogP contribution in [0.3, 0.4) is 0 Å². The zero-order valence-corrected chi connectivity index (χ0v) is 11.7. The van der Waals surface area contributed by atoms with Gasteiger partial charge in [-0.05, 0) is 31.0 Å². The molecule has 0 aliphatic rings. The topological polar surface area (TPSA) is 29.3 Å². The second-order valence-electron chi connectivity index (χ2n) is 3.90. The van der Waals surface area contributed by atoms with Crippen LogP contribution in [0, 0.1) is 5.82 Å². The van der Waals surface area contributed by atoms with Crippen LogP contribution in [0.25, 0.3) is 0 Å². The second kappa shape index (κ2) is 6.93. The lowest BCUT2D eigenvalue weighted by atomic mass is 10.1. The van der Waals surface area contributed by atoms with E-state index in [1.54, 1.807) is 17.8 Å². The molecule has 1 aromatic carbocycles. The Kier molecular flexibility index (Phi) is 5.88. The van der Waals surface area contributed by atoms with Crippen molar-refractivity contribution in [3.63, 3.8) is 0 Å². The lowest BCUT2D eigenvalue weighted by molar-refractivity contribution is 0.348. The van der Waals surface area contributed by atoms with Crippen molar-refractivity contribution in [1.29, 1.82) is 0 Å². The van der Waals surface area contributed by atoms with Crippen LogP contribution < -0.4 is 5.73 Å². The standard InChI is InChI=1S/C12H17FN2S2/c1-15(5-6-17-2)8-9-3-4-10(13)7-11(9)12(14)16/h3-4,7H,5-6,8H2,1-2H3,(H2,14,16). The average molecular weight is 272 g/mol. The van der Waals surface area contributed by atoms with Gasteiger partial charge in [0.05, 0.1) is 0 Å². The van der Waals surface area contributed by atoms with E-state index >= 15 is 0 Å². The number of thiocarbonyl (C=S) groups is 1. The van der Waals surface area contributed by atoms with E-state index in [9.17, 15) is 4.39 Å². The van der Waals surface area contributed by atoms with Crippen molar-refractivity contribution in [3.8, 4) is 0 Å². The van der Waals surface area contributed by atoms with Crippen LogP contribution in [0.2, 0.25) is 0 Å². The summed E-state index contributed by atoms with van der Waals surface area (Å²) < 4.78 is 13.1. The van der Waals surface area contributed by atoms with Gasteiger partial charge in [-0.25, -0.2) is 4.39 Å². The van der Waals surface area contributed by atoms with Gasteiger partial charge < -0.3 is 10.6 Å². The summed E-state index contributed by atoms with van der Waals surface area (Å²) in [4.78, 5) is 2.42. The Hall–Kier alpha value is -0.650. The quantitative estimate of drug-likeness (QED) is 0.804. The first-order valence-electron chi connectivity index (χ1n) is 5.30. The molecule has 1 aromatic rings. The SMILES string of the molecule is CSCCN(C)Cc1ccc(F)cc1C(N)=S. The third kappa shape index (κ3) is 4.61. The maximum absolute atomic E-state index is 13.1. The summed E-state index contributed by atoms with van der Waals surface area (Å²) in [7, 11) is 2.03. The maximum atomic E-state index is 13.1. The summed E-state index contributed by atoms with van der Waals surface area (Å²) in [5.41, 5.74) is 7.21. The fraction of sp³-hybridized carbons (Fsp3) is 0.417. The van der Waals surface area contributed by atoms with Crippen LogP contribution in [-0.2, 0) is 6.54 Å². The monoisotopic (exact) mass is 272 g/mol. The number of benzene rings is 1. The van der Waals surface area contributed by atoms with Crippen LogP contribution >= 0.6 is 24.0 Å². The van der Waals surface area contributed by atoms with Crippen LogP contribution in [0.15, 0.2) is 18.2 Å². The first-order chi connectivity index (χ1) is 8.04. The predicted octanol–water partition coefficient (Wildman–Crippen LogP) is 2.25. The van der Waals surface area contributed by atoms with Crippen molar-refractivity contribution in [2.24, 2.45) is 5.73 Å². The number of hydrogen-bond acceptors (Lipinski definition) is 3. The lowest BCUT2D eigenvalue weighted by Crippen LogP contribution is -2.23. The van der Waals surface area contributed by atoms with Crippen molar-refractivity contribution in [2.75, 3.05) is 25.6 Å². The number of halogens is 1. The average Bonchev–Trinajstić information content (AvgIpc) is 2.28. The van der Waals surface area contributed by atoms with Gasteiger partial charge in [0.15, 0.2) is 0 Å². The van der Waals surface area contributed by atoms with Gasteiger partial charge in [-0.3, -0.25) is 0 Å². The molecule has 0 heterocycles. The van der Waals surface area contributed by atoms with E-state index in [1.165, 1.54) is 12.1 Å². The van der Waals surface area contributed by atoms with E-state index in [4.69, 9.17) is 18.0 Å². The Morgan fingerprint density at radius 3 is 2.82 bits per heavy atom. The van der Waals surface area contributed by atoms with Crippen molar-refractivity contribution in [3.05, 3.63) is 35.1 Å². The molecule has 0 fully saturated rings. The molecule has 17 heavy (non-hydrogen) atoms. The van der Waals surface area contributed by atoms with E-state index in [0.717, 1.165) is 24.4 Å². The third-order valence-electron chi connectivity index (χ3n) is 2.45. The minimum atomic E-state index is -0.302. The molecule has 0 saturated carbocycles. The summed E-state index contributed by atoms with van der Waals surface area (Å²) >= 11 is 6.74. The summed E-state index contributed by atoms with van der Waals surface area (Å²) in [5, 5.41) is 0. The van der Waals surface area contributed by atoms with E-state index in [0.29, 0.717) is 5.56 Å². The zero-order valence-electron chi connectivity index (χ0n) is 10.1. The van der Waals surface area contributed by atoms with Gasteiger partial charge in [0.1, 0.15) is 10.8 Å². The fourth-order valence-corrected chi connectivity index (χ4v) is 2.22. The zero-order chi connectivity index (χ0) is 12.8. The molecular formula is C12H17FN2S2. The highest BCUT2D eigenvalue weighted by molar-refractivity contribution is 7.98. The molecule has 0 aliphatic carbocycles. The van der Waals surface area contributed by atoms with Crippen molar-refractivity contribution in [1.82, 2.24) is 4.90 Å². The molecule has 0 radical (unpaired) electrons. The van der Waals surface area contributed by atoms with Crippen LogP contribution in [0.4, 0.5) is 4.39 Å². The molecule has 0 saturated heterocycles. The van der Waals surface area contributed by atoms with Crippen LogP contribution in [-0.4, -0.2) is 35.5 Å². The summed E-state index contributed by atoms with van der Waals surface area (Å²) in [6, 6.07) is 4.60. The van der Waals surface area contributed by atoms with Gasteiger partial charge in [0.2, 0.25) is 0 Å². The Morgan fingerprint density at radius 2 is 2.24 bits per heavy atom. The first kappa shape index (κ1) is 14.4. The molecule has 2 nitrogen and oxygen atoms in total. The Labute approximate surface area is 111 Å². The summed E-state index contributed by atoms with van der Waals surface area (Å²) in [6.45, 7) is 1.71. The Morgan fingerprint density at radius 1 is 1.53 bits per heavy atom. The van der Waals surface area contributed by atoms with E-state index in [-0.39, 0.29) is 10.8 Å². The Bertz CT molecular complexity index is 396. The molecule has 0 aromatic heterocycles. The molecule has 0 aliphatic heterocycles. The van der Waals surface area contributed by atoms with Gasteiger partial charge in [-0.2, -0.15) is 11.8 Å². The molecule has 94 valence electrons. The van der Waals surface area contributed by atoms with Crippen molar-refractivity contribution >= 4 is 29.0 Å². The highest BCUT2D eigenvalue weighted by Gasteiger charge is 2.09. The minimum absolute atomic E-state index is 0.248. The van der Waals surface area contributed by atoms with Gasteiger partial charge in [0, 0.05) is 24.4 Å². The molecule has 0 spiro atoms. The molecule has 1 rings (SSSR count). The van der Waals surface area contributed by atoms with Gasteiger partial charge in [0.25, 0.3) is 0 Å². The molecular weight excluding hydrogens is 255 g/mol. The van der Waals surface area contributed by atoms with Gasteiger partial charge in [-0.1, -0.05) is 18.3 Å². The van der Waals surface area contributed by atoms with Gasteiger partial charge in [-0.15, -0.1) is 0 Å². The number of thioether (sulfide) groups is 1. The van der Waals surface area contributed by atoms with E-state index in [1.807, 2.05) is 7.05 Å². The largest absolute Gasteiger partial charge is 0.389 e. The molecule has 2 N–H and O–H groups in total. The van der Waals surface area contributed by atoms with E-state index < -0.39 is 0 Å². The highest BCUT2D eigenvalue weighted by atomic mass is 32.2. The Balaban J connectivity index is 2.79.